The Morgan fingerprint density at radius 2 is 1.72 bits per heavy atom. The Morgan fingerprint density at radius 1 is 1.07 bits per heavy atom. The summed E-state index contributed by atoms with van der Waals surface area (Å²) in [6, 6.07) is 13.5. The summed E-state index contributed by atoms with van der Waals surface area (Å²) in [6.07, 6.45) is 2.54. The van der Waals surface area contributed by atoms with Crippen LogP contribution in [0.2, 0.25) is 0 Å². The second kappa shape index (κ2) is 9.79. The molecular weight excluding hydrogens is 364 g/mol. The van der Waals surface area contributed by atoms with E-state index in [0.717, 1.165) is 31.1 Å². The molecule has 0 saturated carbocycles. The van der Waals surface area contributed by atoms with E-state index in [-0.39, 0.29) is 11.9 Å². The smallest absolute Gasteiger partial charge is 0.251 e. The van der Waals surface area contributed by atoms with Crippen LogP contribution < -0.4 is 14.8 Å². The van der Waals surface area contributed by atoms with Crippen LogP contribution in [0.25, 0.3) is 0 Å². The summed E-state index contributed by atoms with van der Waals surface area (Å²) in [4.78, 5) is 15.2. The van der Waals surface area contributed by atoms with Crippen molar-refractivity contribution >= 4 is 5.91 Å². The van der Waals surface area contributed by atoms with Crippen LogP contribution in [-0.2, 0) is 6.54 Å². The molecule has 0 radical (unpaired) electrons. The van der Waals surface area contributed by atoms with Gasteiger partial charge in [0.1, 0.15) is 0 Å². The van der Waals surface area contributed by atoms with E-state index in [0.29, 0.717) is 17.1 Å². The maximum absolute atomic E-state index is 12.7. The third-order valence-electron chi connectivity index (χ3n) is 5.75. The van der Waals surface area contributed by atoms with Crippen LogP contribution in [0.1, 0.15) is 54.2 Å². The fraction of sp³-hybridized carbons (Fsp3) is 0.458. The zero-order chi connectivity index (χ0) is 20.8. The molecule has 0 bridgehead atoms. The molecule has 3 rings (SSSR count). The highest BCUT2D eigenvalue weighted by Crippen LogP contribution is 2.30. The Hall–Kier alpha value is -2.53. The average Bonchev–Trinajstić information content (AvgIpc) is 2.75. The summed E-state index contributed by atoms with van der Waals surface area (Å²) in [5, 5.41) is 3.06. The molecule has 5 heteroatoms. The minimum absolute atomic E-state index is 0.0781. The first-order valence-corrected chi connectivity index (χ1v) is 10.3. The third-order valence-corrected chi connectivity index (χ3v) is 5.75. The van der Waals surface area contributed by atoms with E-state index in [2.05, 4.69) is 29.3 Å². The fourth-order valence-electron chi connectivity index (χ4n) is 3.73. The fourth-order valence-corrected chi connectivity index (χ4v) is 3.73. The maximum Gasteiger partial charge on any atom is 0.251 e. The predicted octanol–water partition coefficient (Wildman–Crippen LogP) is 4.43. The monoisotopic (exact) mass is 396 g/mol. The number of methoxy groups -OCH3 is 2. The van der Waals surface area contributed by atoms with Gasteiger partial charge in [-0.1, -0.05) is 25.1 Å². The number of piperidine rings is 1. The van der Waals surface area contributed by atoms with Gasteiger partial charge in [-0.05, 0) is 74.2 Å². The van der Waals surface area contributed by atoms with Gasteiger partial charge >= 0.3 is 0 Å². The van der Waals surface area contributed by atoms with E-state index in [1.54, 1.807) is 14.2 Å². The lowest BCUT2D eigenvalue weighted by molar-refractivity contribution is 0.0939. The number of ether oxygens (including phenoxy) is 2. The lowest BCUT2D eigenvalue weighted by Crippen LogP contribution is -2.32. The van der Waals surface area contributed by atoms with Crippen molar-refractivity contribution in [3.05, 3.63) is 59.2 Å². The topological polar surface area (TPSA) is 50.8 Å². The summed E-state index contributed by atoms with van der Waals surface area (Å²) >= 11 is 0. The Kier molecular flexibility index (Phi) is 7.15. The zero-order valence-electron chi connectivity index (χ0n) is 17.9. The molecule has 1 heterocycles. The Bertz CT molecular complexity index is 811. The SMILES string of the molecule is COc1ccc([C@H](C)NC(=O)c2ccc(CN3CCC(C)CC3)cc2)cc1OC. The Morgan fingerprint density at radius 3 is 2.34 bits per heavy atom. The highest BCUT2D eigenvalue weighted by molar-refractivity contribution is 5.94. The van der Waals surface area contributed by atoms with Crippen molar-refractivity contribution < 1.29 is 14.3 Å². The van der Waals surface area contributed by atoms with E-state index >= 15 is 0 Å². The molecule has 1 aliphatic heterocycles. The van der Waals surface area contributed by atoms with E-state index in [9.17, 15) is 4.79 Å². The molecule has 29 heavy (non-hydrogen) atoms. The Labute approximate surface area is 174 Å². The first kappa shape index (κ1) is 21.2. The molecule has 156 valence electrons. The van der Waals surface area contributed by atoms with Crippen LogP contribution in [0.3, 0.4) is 0 Å². The Balaban J connectivity index is 1.59. The largest absolute Gasteiger partial charge is 0.493 e. The number of benzene rings is 2. The van der Waals surface area contributed by atoms with E-state index < -0.39 is 0 Å². The number of hydrogen-bond donors (Lipinski definition) is 1. The summed E-state index contributed by atoms with van der Waals surface area (Å²) in [5.74, 6) is 2.09. The van der Waals surface area contributed by atoms with Crippen molar-refractivity contribution in [2.45, 2.75) is 39.3 Å². The van der Waals surface area contributed by atoms with Gasteiger partial charge in [0.2, 0.25) is 0 Å². The minimum atomic E-state index is -0.141. The predicted molar refractivity (Wildman–Crippen MR) is 116 cm³/mol. The highest BCUT2D eigenvalue weighted by atomic mass is 16.5. The normalized spacial score (nSPS) is 16.3. The molecule has 1 fully saturated rings. The van der Waals surface area contributed by atoms with Crippen LogP contribution in [0.4, 0.5) is 0 Å². The average molecular weight is 397 g/mol. The number of rotatable bonds is 7. The summed E-state index contributed by atoms with van der Waals surface area (Å²) < 4.78 is 10.6. The lowest BCUT2D eigenvalue weighted by atomic mass is 9.99. The highest BCUT2D eigenvalue weighted by Gasteiger charge is 2.17. The molecule has 1 N–H and O–H groups in total. The number of likely N-dealkylation sites (tertiary alicyclic amines) is 1. The van der Waals surface area contributed by atoms with E-state index in [1.807, 2.05) is 37.3 Å². The molecule has 5 nitrogen and oxygen atoms in total. The second-order valence-electron chi connectivity index (χ2n) is 7.97. The van der Waals surface area contributed by atoms with E-state index in [1.165, 1.54) is 18.4 Å². The van der Waals surface area contributed by atoms with Gasteiger partial charge in [0.15, 0.2) is 11.5 Å². The number of carbonyl (C=O) groups excluding carboxylic acids is 1. The van der Waals surface area contributed by atoms with Crippen LogP contribution in [0.5, 0.6) is 11.5 Å². The molecule has 1 amide bonds. The number of nitrogens with zero attached hydrogens (tertiary/aromatic N) is 1. The summed E-state index contributed by atoms with van der Waals surface area (Å²) in [7, 11) is 3.22. The van der Waals surface area contributed by atoms with Gasteiger partial charge in [-0.25, -0.2) is 0 Å². The number of amides is 1. The van der Waals surface area contributed by atoms with Crippen molar-refractivity contribution in [1.29, 1.82) is 0 Å². The zero-order valence-corrected chi connectivity index (χ0v) is 17.9. The molecule has 0 aromatic heterocycles. The quantitative estimate of drug-likeness (QED) is 0.752. The van der Waals surface area contributed by atoms with Gasteiger partial charge in [0.25, 0.3) is 5.91 Å². The molecular formula is C24H32N2O3. The van der Waals surface area contributed by atoms with Gasteiger partial charge in [-0.15, -0.1) is 0 Å². The van der Waals surface area contributed by atoms with Crippen molar-refractivity contribution in [3.63, 3.8) is 0 Å². The van der Waals surface area contributed by atoms with Gasteiger partial charge in [-0.3, -0.25) is 9.69 Å². The number of carbonyl (C=O) groups is 1. The molecule has 0 aliphatic carbocycles. The number of hydrogen-bond acceptors (Lipinski definition) is 4. The van der Waals surface area contributed by atoms with Crippen molar-refractivity contribution in [2.75, 3.05) is 27.3 Å². The van der Waals surface area contributed by atoms with Crippen LogP contribution in [0, 0.1) is 5.92 Å². The number of nitrogens with one attached hydrogen (secondary N) is 1. The van der Waals surface area contributed by atoms with Gasteiger partial charge in [-0.2, -0.15) is 0 Å². The van der Waals surface area contributed by atoms with E-state index in [4.69, 9.17) is 9.47 Å². The molecule has 0 spiro atoms. The molecule has 1 atom stereocenters. The summed E-state index contributed by atoms with van der Waals surface area (Å²) in [6.45, 7) is 7.56. The van der Waals surface area contributed by atoms with Gasteiger partial charge < -0.3 is 14.8 Å². The second-order valence-corrected chi connectivity index (χ2v) is 7.97. The van der Waals surface area contributed by atoms with Crippen LogP contribution in [0.15, 0.2) is 42.5 Å². The van der Waals surface area contributed by atoms with Crippen molar-refractivity contribution in [3.8, 4) is 11.5 Å². The first-order chi connectivity index (χ1) is 14.0. The maximum atomic E-state index is 12.7. The molecule has 2 aromatic rings. The minimum Gasteiger partial charge on any atom is -0.493 e. The van der Waals surface area contributed by atoms with Gasteiger partial charge in [0.05, 0.1) is 20.3 Å². The van der Waals surface area contributed by atoms with Gasteiger partial charge in [0, 0.05) is 12.1 Å². The third kappa shape index (κ3) is 5.51. The summed E-state index contributed by atoms with van der Waals surface area (Å²) in [5.41, 5.74) is 2.89. The molecule has 2 aromatic carbocycles. The molecule has 1 aliphatic rings. The molecule has 0 unspecified atom stereocenters. The van der Waals surface area contributed by atoms with Crippen molar-refractivity contribution in [2.24, 2.45) is 5.92 Å². The lowest BCUT2D eigenvalue weighted by Gasteiger charge is -2.30. The van der Waals surface area contributed by atoms with Crippen LogP contribution >= 0.6 is 0 Å². The standard InChI is InChI=1S/C24H32N2O3/c1-17-11-13-26(14-12-17)16-19-5-7-20(8-6-19)24(27)25-18(2)21-9-10-22(28-3)23(15-21)29-4/h5-10,15,17-18H,11-14,16H2,1-4H3,(H,25,27)/t18-/m0/s1. The van der Waals surface area contributed by atoms with Crippen LogP contribution in [-0.4, -0.2) is 38.1 Å². The molecule has 1 saturated heterocycles. The first-order valence-electron chi connectivity index (χ1n) is 10.3. The van der Waals surface area contributed by atoms with Crippen molar-refractivity contribution in [1.82, 2.24) is 10.2 Å².